The molecule has 7 heteroatoms. The van der Waals surface area contributed by atoms with Gasteiger partial charge in [0.15, 0.2) is 5.76 Å². The second-order valence-corrected chi connectivity index (χ2v) is 6.69. The van der Waals surface area contributed by atoms with E-state index in [1.807, 2.05) is 25.1 Å². The quantitative estimate of drug-likeness (QED) is 0.770. The van der Waals surface area contributed by atoms with E-state index >= 15 is 0 Å². The molecule has 0 atom stereocenters. The molecule has 6 nitrogen and oxygen atoms in total. The maximum absolute atomic E-state index is 12.2. The van der Waals surface area contributed by atoms with Crippen LogP contribution in [0.3, 0.4) is 0 Å². The Labute approximate surface area is 133 Å². The van der Waals surface area contributed by atoms with Crippen LogP contribution in [0.1, 0.15) is 16.1 Å². The van der Waals surface area contributed by atoms with E-state index in [-0.39, 0.29) is 10.7 Å². The van der Waals surface area contributed by atoms with Crippen LogP contribution in [0.2, 0.25) is 0 Å². The number of primary sulfonamides is 1. The Morgan fingerprint density at radius 3 is 2.43 bits per heavy atom. The highest BCUT2D eigenvalue weighted by atomic mass is 32.2. The molecule has 0 radical (unpaired) electrons. The van der Waals surface area contributed by atoms with Gasteiger partial charge in [0.05, 0.1) is 4.90 Å². The van der Waals surface area contributed by atoms with Crippen molar-refractivity contribution in [3.05, 3.63) is 59.9 Å². The number of nitrogens with one attached hydrogen (secondary N) is 1. The summed E-state index contributed by atoms with van der Waals surface area (Å²) in [6, 6.07) is 12.9. The Hall–Kier alpha value is -2.64. The third-order valence-corrected chi connectivity index (χ3v) is 4.33. The number of amides is 1. The van der Waals surface area contributed by atoms with Crippen molar-refractivity contribution in [2.24, 2.45) is 5.14 Å². The van der Waals surface area contributed by atoms with Gasteiger partial charge >= 0.3 is 0 Å². The predicted octanol–water partition coefficient (Wildman–Crippen LogP) is 2.64. The molecular weight excluding hydrogens is 316 g/mol. The topological polar surface area (TPSA) is 102 Å². The van der Waals surface area contributed by atoms with Crippen LogP contribution >= 0.6 is 0 Å². The monoisotopic (exact) mass is 330 g/mol. The van der Waals surface area contributed by atoms with E-state index in [0.717, 1.165) is 10.9 Å². The number of carbonyl (C=O) groups is 1. The SMILES string of the molecule is Cc1cccc2cc(C(=O)Nc3ccc(S(N)(=O)=O)cc3)oc12. The van der Waals surface area contributed by atoms with Crippen LogP contribution < -0.4 is 10.5 Å². The Kier molecular flexibility index (Phi) is 3.67. The average Bonchev–Trinajstić information content (AvgIpc) is 2.92. The molecule has 0 fully saturated rings. The summed E-state index contributed by atoms with van der Waals surface area (Å²) >= 11 is 0. The molecule has 3 rings (SSSR count). The summed E-state index contributed by atoms with van der Waals surface area (Å²) in [7, 11) is -3.75. The van der Waals surface area contributed by atoms with E-state index in [1.165, 1.54) is 24.3 Å². The standard InChI is InChI=1S/C16H14N2O4S/c1-10-3-2-4-11-9-14(22-15(10)11)16(19)18-12-5-7-13(8-6-12)23(17,20)21/h2-9H,1H3,(H,18,19)(H2,17,20,21). The van der Waals surface area contributed by atoms with Crippen molar-refractivity contribution in [2.45, 2.75) is 11.8 Å². The second kappa shape index (κ2) is 5.53. The summed E-state index contributed by atoms with van der Waals surface area (Å²) in [5, 5.41) is 8.52. The minimum atomic E-state index is -3.75. The van der Waals surface area contributed by atoms with E-state index in [0.29, 0.717) is 11.3 Å². The van der Waals surface area contributed by atoms with Crippen molar-refractivity contribution in [3.8, 4) is 0 Å². The second-order valence-electron chi connectivity index (χ2n) is 5.13. The van der Waals surface area contributed by atoms with Crippen LogP contribution in [0, 0.1) is 6.92 Å². The van der Waals surface area contributed by atoms with Gasteiger partial charge in [0.2, 0.25) is 10.0 Å². The fraction of sp³-hybridized carbons (Fsp3) is 0.0625. The number of para-hydroxylation sites is 1. The number of hydrogen-bond donors (Lipinski definition) is 2. The number of carbonyl (C=O) groups excluding carboxylic acids is 1. The molecule has 1 amide bonds. The van der Waals surface area contributed by atoms with Crippen LogP contribution in [0.4, 0.5) is 5.69 Å². The van der Waals surface area contributed by atoms with E-state index in [1.54, 1.807) is 6.07 Å². The first-order valence-corrected chi connectivity index (χ1v) is 8.32. The Morgan fingerprint density at radius 2 is 1.83 bits per heavy atom. The molecule has 1 aromatic heterocycles. The molecule has 0 unspecified atom stereocenters. The smallest absolute Gasteiger partial charge is 0.291 e. The Morgan fingerprint density at radius 1 is 1.13 bits per heavy atom. The van der Waals surface area contributed by atoms with Crippen molar-refractivity contribution < 1.29 is 17.6 Å². The van der Waals surface area contributed by atoms with Crippen molar-refractivity contribution in [1.82, 2.24) is 0 Å². The molecule has 23 heavy (non-hydrogen) atoms. The molecule has 0 aliphatic rings. The summed E-state index contributed by atoms with van der Waals surface area (Å²) in [6.45, 7) is 1.90. The van der Waals surface area contributed by atoms with E-state index < -0.39 is 15.9 Å². The number of sulfonamides is 1. The van der Waals surface area contributed by atoms with Gasteiger partial charge in [-0.05, 0) is 42.8 Å². The summed E-state index contributed by atoms with van der Waals surface area (Å²) in [5.74, 6) is -0.228. The predicted molar refractivity (Wildman–Crippen MR) is 86.7 cm³/mol. The van der Waals surface area contributed by atoms with E-state index in [2.05, 4.69) is 5.32 Å². The number of furan rings is 1. The molecule has 0 saturated heterocycles. The summed E-state index contributed by atoms with van der Waals surface area (Å²) in [4.78, 5) is 12.2. The average molecular weight is 330 g/mol. The molecule has 0 spiro atoms. The third-order valence-electron chi connectivity index (χ3n) is 3.41. The highest BCUT2D eigenvalue weighted by Crippen LogP contribution is 2.23. The van der Waals surface area contributed by atoms with E-state index in [9.17, 15) is 13.2 Å². The van der Waals surface area contributed by atoms with Gasteiger partial charge in [-0.2, -0.15) is 0 Å². The van der Waals surface area contributed by atoms with Gasteiger partial charge in [-0.15, -0.1) is 0 Å². The normalized spacial score (nSPS) is 11.6. The lowest BCUT2D eigenvalue weighted by molar-refractivity contribution is 0.0998. The molecule has 0 saturated carbocycles. The maximum Gasteiger partial charge on any atom is 0.291 e. The molecular formula is C16H14N2O4S. The number of anilines is 1. The summed E-state index contributed by atoms with van der Waals surface area (Å²) in [6.07, 6.45) is 0. The zero-order chi connectivity index (χ0) is 16.6. The molecule has 2 aromatic carbocycles. The maximum atomic E-state index is 12.2. The largest absolute Gasteiger partial charge is 0.451 e. The zero-order valence-corrected chi connectivity index (χ0v) is 13.1. The Bertz CT molecular complexity index is 989. The molecule has 0 aliphatic heterocycles. The summed E-state index contributed by atoms with van der Waals surface area (Å²) in [5.41, 5.74) is 2.06. The molecule has 0 bridgehead atoms. The fourth-order valence-corrected chi connectivity index (χ4v) is 2.76. The van der Waals surface area contributed by atoms with E-state index in [4.69, 9.17) is 9.56 Å². The Balaban J connectivity index is 1.84. The molecule has 1 heterocycles. The minimum absolute atomic E-state index is 0.0186. The highest BCUT2D eigenvalue weighted by Gasteiger charge is 2.14. The number of aryl methyl sites for hydroxylation is 1. The lowest BCUT2D eigenvalue weighted by atomic mass is 10.2. The first-order chi connectivity index (χ1) is 10.8. The van der Waals surface area contributed by atoms with Gasteiger partial charge in [0, 0.05) is 11.1 Å². The van der Waals surface area contributed by atoms with Crippen LogP contribution in [-0.4, -0.2) is 14.3 Å². The number of nitrogens with two attached hydrogens (primary N) is 1. The van der Waals surface area contributed by atoms with Crippen LogP contribution in [-0.2, 0) is 10.0 Å². The van der Waals surface area contributed by atoms with Gasteiger partial charge in [-0.25, -0.2) is 13.6 Å². The first-order valence-electron chi connectivity index (χ1n) is 6.78. The van der Waals surface area contributed by atoms with Crippen LogP contribution in [0.25, 0.3) is 11.0 Å². The number of hydrogen-bond acceptors (Lipinski definition) is 4. The lowest BCUT2D eigenvalue weighted by Gasteiger charge is -2.04. The van der Waals surface area contributed by atoms with Gasteiger partial charge in [0.25, 0.3) is 5.91 Å². The molecule has 118 valence electrons. The molecule has 3 aromatic rings. The van der Waals surface area contributed by atoms with Crippen LogP contribution in [0.5, 0.6) is 0 Å². The number of benzene rings is 2. The third kappa shape index (κ3) is 3.10. The van der Waals surface area contributed by atoms with Gasteiger partial charge in [-0.3, -0.25) is 4.79 Å². The summed E-state index contributed by atoms with van der Waals surface area (Å²) < 4.78 is 28.0. The van der Waals surface area contributed by atoms with Gasteiger partial charge in [0.1, 0.15) is 5.58 Å². The molecule has 3 N–H and O–H groups in total. The van der Waals surface area contributed by atoms with Crippen molar-refractivity contribution in [2.75, 3.05) is 5.32 Å². The first kappa shape index (κ1) is 15.3. The highest BCUT2D eigenvalue weighted by molar-refractivity contribution is 7.89. The van der Waals surface area contributed by atoms with Crippen molar-refractivity contribution in [1.29, 1.82) is 0 Å². The van der Waals surface area contributed by atoms with Gasteiger partial charge < -0.3 is 9.73 Å². The number of rotatable bonds is 3. The molecule has 0 aliphatic carbocycles. The van der Waals surface area contributed by atoms with Crippen molar-refractivity contribution >= 4 is 32.6 Å². The van der Waals surface area contributed by atoms with Crippen molar-refractivity contribution in [3.63, 3.8) is 0 Å². The van der Waals surface area contributed by atoms with Gasteiger partial charge in [-0.1, -0.05) is 18.2 Å². The lowest BCUT2D eigenvalue weighted by Crippen LogP contribution is -2.13. The fourth-order valence-electron chi connectivity index (χ4n) is 2.24. The number of fused-ring (bicyclic) bond motifs is 1. The minimum Gasteiger partial charge on any atom is -0.451 e. The van der Waals surface area contributed by atoms with Crippen LogP contribution in [0.15, 0.2) is 57.8 Å². The zero-order valence-electron chi connectivity index (χ0n) is 12.2.